The fraction of sp³-hybridized carbons (Fsp3) is 0.538. The van der Waals surface area contributed by atoms with Gasteiger partial charge in [0.05, 0.1) is 26.6 Å². The second-order valence-corrected chi connectivity index (χ2v) is 9.72. The summed E-state index contributed by atoms with van der Waals surface area (Å²) >= 11 is 0. The van der Waals surface area contributed by atoms with E-state index in [9.17, 15) is 24.0 Å². The number of aromatic amines is 1. The van der Waals surface area contributed by atoms with Crippen molar-refractivity contribution in [3.63, 3.8) is 0 Å². The number of tetrazole rings is 1. The number of nitrogens with zero attached hydrogens (tertiary/aromatic N) is 4. The molecule has 0 saturated carbocycles. The summed E-state index contributed by atoms with van der Waals surface area (Å²) in [4.78, 5) is 65.3. The zero-order valence-electron chi connectivity index (χ0n) is 22.6. The first-order chi connectivity index (χ1) is 18.7. The Kier molecular flexibility index (Phi) is 10.2. The summed E-state index contributed by atoms with van der Waals surface area (Å²) in [7, 11) is 1.26. The number of nitrogens with one attached hydrogen (secondary N) is 3. The van der Waals surface area contributed by atoms with Gasteiger partial charge in [-0.05, 0) is 17.5 Å². The normalized spacial score (nSPS) is 16.5. The molecule has 1 aliphatic heterocycles. The number of aromatic nitrogens is 4. The summed E-state index contributed by atoms with van der Waals surface area (Å²) in [6.45, 7) is 5.10. The number of hydrogen-bond donors (Lipinski definition) is 3. The van der Waals surface area contributed by atoms with Crippen LogP contribution in [0.5, 0.6) is 0 Å². The zero-order valence-corrected chi connectivity index (χ0v) is 22.6. The summed E-state index contributed by atoms with van der Waals surface area (Å²) in [6.07, 6.45) is 0.844. The Hall–Kier alpha value is -4.16. The van der Waals surface area contributed by atoms with Gasteiger partial charge < -0.3 is 15.4 Å². The molecule has 0 spiro atoms. The lowest BCUT2D eigenvalue weighted by Gasteiger charge is -2.26. The average molecular weight is 542 g/mol. The molecule has 4 atom stereocenters. The van der Waals surface area contributed by atoms with Gasteiger partial charge in [0.15, 0.2) is 5.82 Å². The molecule has 0 fully saturated rings. The van der Waals surface area contributed by atoms with Crippen molar-refractivity contribution in [1.82, 2.24) is 31.3 Å². The van der Waals surface area contributed by atoms with Gasteiger partial charge in [-0.25, -0.2) is 0 Å². The van der Waals surface area contributed by atoms with Gasteiger partial charge in [0, 0.05) is 30.4 Å². The maximum Gasteiger partial charge on any atom is 0.306 e. The topological polar surface area (TPSA) is 176 Å². The number of amides is 3. The van der Waals surface area contributed by atoms with E-state index in [0.29, 0.717) is 24.4 Å². The molecule has 3 amide bonds. The second-order valence-electron chi connectivity index (χ2n) is 9.72. The van der Waals surface area contributed by atoms with Gasteiger partial charge >= 0.3 is 5.97 Å². The van der Waals surface area contributed by atoms with Crippen molar-refractivity contribution in [1.29, 1.82) is 0 Å². The Morgan fingerprint density at radius 3 is 2.54 bits per heavy atom. The van der Waals surface area contributed by atoms with Crippen molar-refractivity contribution < 1.29 is 28.7 Å². The Morgan fingerprint density at radius 1 is 1.13 bits per heavy atom. The monoisotopic (exact) mass is 541 g/mol. The Labute approximate surface area is 226 Å². The lowest BCUT2D eigenvalue weighted by molar-refractivity contribution is -0.144. The molecule has 2 aromatic rings. The van der Waals surface area contributed by atoms with E-state index in [1.54, 1.807) is 19.1 Å². The van der Waals surface area contributed by atoms with Crippen LogP contribution in [0.15, 0.2) is 24.3 Å². The van der Waals surface area contributed by atoms with Crippen molar-refractivity contribution in [2.24, 2.45) is 17.8 Å². The van der Waals surface area contributed by atoms with Gasteiger partial charge in [-0.3, -0.25) is 28.9 Å². The molecule has 39 heavy (non-hydrogen) atoms. The minimum absolute atomic E-state index is 0.0416. The van der Waals surface area contributed by atoms with E-state index in [0.717, 1.165) is 5.56 Å². The van der Waals surface area contributed by atoms with E-state index in [-0.39, 0.29) is 37.6 Å². The van der Waals surface area contributed by atoms with E-state index >= 15 is 0 Å². The first-order valence-electron chi connectivity index (χ1n) is 12.9. The summed E-state index contributed by atoms with van der Waals surface area (Å²) in [5, 5.41) is 18.8. The molecule has 1 aromatic heterocycles. The summed E-state index contributed by atoms with van der Waals surface area (Å²) < 4.78 is 4.64. The van der Waals surface area contributed by atoms with Gasteiger partial charge in [0.25, 0.3) is 0 Å². The molecule has 3 N–H and O–H groups in total. The van der Waals surface area contributed by atoms with Crippen molar-refractivity contribution in [2.75, 3.05) is 18.6 Å². The smallest absolute Gasteiger partial charge is 0.306 e. The number of anilines is 1. The molecule has 13 heteroatoms. The van der Waals surface area contributed by atoms with Crippen LogP contribution in [0.2, 0.25) is 0 Å². The number of ether oxygens (including phenoxy) is 1. The molecule has 210 valence electrons. The maximum atomic E-state index is 13.4. The number of esters is 1. The highest BCUT2D eigenvalue weighted by Gasteiger charge is 2.38. The van der Waals surface area contributed by atoms with E-state index in [1.807, 2.05) is 26.0 Å². The molecule has 0 radical (unpaired) electrons. The number of para-hydroxylation sites is 1. The Balaban J connectivity index is 1.67. The van der Waals surface area contributed by atoms with Gasteiger partial charge in [-0.1, -0.05) is 50.6 Å². The maximum absolute atomic E-state index is 13.4. The minimum atomic E-state index is -0.815. The summed E-state index contributed by atoms with van der Waals surface area (Å²) in [5.74, 6) is -3.09. The number of carbonyl (C=O) groups excluding carboxylic acids is 5. The molecule has 0 bridgehead atoms. The van der Waals surface area contributed by atoms with Gasteiger partial charge in [0.1, 0.15) is 11.8 Å². The number of H-pyrrole nitrogens is 1. The summed E-state index contributed by atoms with van der Waals surface area (Å²) in [6, 6.07) is 6.39. The molecule has 0 saturated heterocycles. The molecule has 3 rings (SSSR count). The molecule has 0 unspecified atom stereocenters. The molecule has 1 aliphatic rings. The molecule has 0 aliphatic carbocycles. The van der Waals surface area contributed by atoms with Crippen LogP contribution in [0, 0.1) is 17.8 Å². The standard InChI is InChI=1S/C26H35N7O6/c1-5-15(2)18(12-21(34)16(3)10-24(36)39-4)25(37)28-14-23(35)33-19-9-7-6-8-17(19)11-20(33)26(38)27-13-22-29-31-32-30-22/h6-9,15-16,18,20H,5,10-14H2,1-4H3,(H,27,38)(H,28,37)(H,29,30,31,32)/t15-,16+,18-,20-/m0/s1. The van der Waals surface area contributed by atoms with E-state index in [4.69, 9.17) is 0 Å². The third-order valence-electron chi connectivity index (χ3n) is 7.11. The Bertz CT molecular complexity index is 1190. The fourth-order valence-corrected chi connectivity index (χ4v) is 4.53. The third-order valence-corrected chi connectivity index (χ3v) is 7.11. The number of ketones is 1. The number of methoxy groups -OCH3 is 1. The number of Topliss-reactive ketones (excluding diaryl/α,β-unsaturated/α-hetero) is 1. The van der Waals surface area contributed by atoms with Crippen molar-refractivity contribution in [3.8, 4) is 0 Å². The average Bonchev–Trinajstić information content (AvgIpc) is 3.60. The fourth-order valence-electron chi connectivity index (χ4n) is 4.53. The predicted molar refractivity (Wildman–Crippen MR) is 139 cm³/mol. The number of rotatable bonds is 13. The van der Waals surface area contributed by atoms with E-state index in [2.05, 4.69) is 36.0 Å². The number of fused-ring (bicyclic) bond motifs is 1. The quantitative estimate of drug-likeness (QED) is 0.308. The first-order valence-corrected chi connectivity index (χ1v) is 12.9. The number of hydrogen-bond acceptors (Lipinski definition) is 9. The highest BCUT2D eigenvalue weighted by molar-refractivity contribution is 6.05. The predicted octanol–water partition coefficient (Wildman–Crippen LogP) is 0.711. The number of carbonyl (C=O) groups is 5. The highest BCUT2D eigenvalue weighted by Crippen LogP contribution is 2.32. The molecule has 2 heterocycles. The van der Waals surface area contributed by atoms with E-state index < -0.39 is 41.6 Å². The largest absolute Gasteiger partial charge is 0.469 e. The van der Waals surface area contributed by atoms with Crippen molar-refractivity contribution >= 4 is 35.2 Å². The third kappa shape index (κ3) is 7.45. The van der Waals surface area contributed by atoms with Crippen LogP contribution in [0.3, 0.4) is 0 Å². The number of benzene rings is 1. The zero-order chi connectivity index (χ0) is 28.5. The lowest BCUT2D eigenvalue weighted by atomic mass is 9.84. The summed E-state index contributed by atoms with van der Waals surface area (Å²) in [5.41, 5.74) is 1.43. The van der Waals surface area contributed by atoms with Crippen LogP contribution in [-0.4, -0.2) is 69.8 Å². The van der Waals surface area contributed by atoms with Gasteiger partial charge in [-0.2, -0.15) is 5.21 Å². The second kappa shape index (κ2) is 13.6. The van der Waals surface area contributed by atoms with Gasteiger partial charge in [0.2, 0.25) is 17.7 Å². The SMILES string of the molecule is CC[C@H](C)[C@H](CC(=O)[C@H](C)CC(=O)OC)C(=O)NCC(=O)N1c2ccccc2C[C@H]1C(=O)NCc1nn[nH]n1. The first kappa shape index (κ1) is 29.4. The van der Waals surface area contributed by atoms with Crippen LogP contribution >= 0.6 is 0 Å². The molecule has 13 nitrogen and oxygen atoms in total. The van der Waals surface area contributed by atoms with Crippen LogP contribution in [0.4, 0.5) is 5.69 Å². The van der Waals surface area contributed by atoms with Crippen LogP contribution < -0.4 is 15.5 Å². The van der Waals surface area contributed by atoms with Crippen molar-refractivity contribution in [3.05, 3.63) is 35.7 Å². The molecule has 1 aromatic carbocycles. The minimum Gasteiger partial charge on any atom is -0.469 e. The van der Waals surface area contributed by atoms with E-state index in [1.165, 1.54) is 12.0 Å². The van der Waals surface area contributed by atoms with Crippen LogP contribution in [-0.2, 0) is 41.7 Å². The van der Waals surface area contributed by atoms with Crippen LogP contribution in [0.1, 0.15) is 51.4 Å². The highest BCUT2D eigenvalue weighted by atomic mass is 16.5. The Morgan fingerprint density at radius 2 is 1.87 bits per heavy atom. The van der Waals surface area contributed by atoms with Gasteiger partial charge in [-0.15, -0.1) is 10.2 Å². The van der Waals surface area contributed by atoms with Crippen LogP contribution in [0.25, 0.3) is 0 Å². The lowest BCUT2D eigenvalue weighted by Crippen LogP contribution is -2.51. The molecular weight excluding hydrogens is 506 g/mol. The molecular formula is C26H35N7O6. The van der Waals surface area contributed by atoms with Crippen molar-refractivity contribution in [2.45, 2.75) is 59.0 Å².